The van der Waals surface area contributed by atoms with Crippen molar-refractivity contribution in [2.45, 2.75) is 37.8 Å². The molecule has 2 aliphatic heterocycles. The van der Waals surface area contributed by atoms with Crippen molar-refractivity contribution in [1.29, 1.82) is 0 Å². The summed E-state index contributed by atoms with van der Waals surface area (Å²) in [6.45, 7) is 1.20. The van der Waals surface area contributed by atoms with Gasteiger partial charge in [-0.2, -0.15) is 0 Å². The van der Waals surface area contributed by atoms with Gasteiger partial charge in [0.15, 0.2) is 0 Å². The Hall–Kier alpha value is -0.0800. The molecule has 4 fully saturated rings. The minimum atomic E-state index is 0.0683. The van der Waals surface area contributed by atoms with Crippen molar-refractivity contribution in [1.82, 2.24) is 5.32 Å². The van der Waals surface area contributed by atoms with Gasteiger partial charge in [0.05, 0.1) is 0 Å². The topological polar surface area (TPSA) is 21.3 Å². The maximum absolute atomic E-state index is 5.72. The Morgan fingerprint density at radius 1 is 1.08 bits per heavy atom. The van der Waals surface area contributed by atoms with Gasteiger partial charge < -0.3 is 4.74 Å². The van der Waals surface area contributed by atoms with Crippen molar-refractivity contribution < 1.29 is 4.74 Å². The van der Waals surface area contributed by atoms with E-state index in [1.54, 1.807) is 0 Å². The number of hydrogen-bond acceptors (Lipinski definition) is 2. The molecular formula is C11H19NO. The van der Waals surface area contributed by atoms with Crippen molar-refractivity contribution >= 4 is 0 Å². The lowest BCUT2D eigenvalue weighted by atomic mass is 9.67. The predicted octanol–water partition coefficient (Wildman–Crippen LogP) is 1.76. The molecule has 13 heavy (non-hydrogen) atoms. The van der Waals surface area contributed by atoms with Gasteiger partial charge in [0.2, 0.25) is 0 Å². The molecule has 0 radical (unpaired) electrons. The molecule has 1 N–H and O–H groups in total. The maximum Gasteiger partial charge on any atom is 0.119 e. The second-order valence-electron chi connectivity index (χ2n) is 5.29. The van der Waals surface area contributed by atoms with Gasteiger partial charge in [-0.3, -0.25) is 5.32 Å². The van der Waals surface area contributed by atoms with E-state index in [1.807, 2.05) is 7.11 Å². The highest BCUT2D eigenvalue weighted by Gasteiger charge is 2.47. The van der Waals surface area contributed by atoms with Crippen molar-refractivity contribution in [3.63, 3.8) is 0 Å². The molecule has 0 aromatic carbocycles. The number of ether oxygens (including phenoxy) is 1. The van der Waals surface area contributed by atoms with Crippen LogP contribution in [0.5, 0.6) is 0 Å². The number of hydrogen-bond donors (Lipinski definition) is 1. The van der Waals surface area contributed by atoms with Crippen LogP contribution in [0.25, 0.3) is 0 Å². The summed E-state index contributed by atoms with van der Waals surface area (Å²) in [5.41, 5.74) is 0.0683. The Bertz CT molecular complexity index is 202. The average molecular weight is 181 g/mol. The van der Waals surface area contributed by atoms with E-state index in [2.05, 4.69) is 5.32 Å². The first-order valence-electron chi connectivity index (χ1n) is 5.60. The molecule has 0 spiro atoms. The van der Waals surface area contributed by atoms with E-state index >= 15 is 0 Å². The van der Waals surface area contributed by atoms with Crippen LogP contribution in [-0.2, 0) is 4.74 Å². The molecule has 2 aliphatic carbocycles. The predicted molar refractivity (Wildman–Crippen MR) is 51.3 cm³/mol. The smallest absolute Gasteiger partial charge is 0.119 e. The van der Waals surface area contributed by atoms with E-state index in [0.717, 1.165) is 17.8 Å². The van der Waals surface area contributed by atoms with E-state index in [9.17, 15) is 0 Å². The van der Waals surface area contributed by atoms with Gasteiger partial charge in [0.1, 0.15) is 5.72 Å². The van der Waals surface area contributed by atoms with Gasteiger partial charge in [-0.25, -0.2) is 0 Å². The Balaban J connectivity index is 1.92. The minimum Gasteiger partial charge on any atom is -0.364 e. The average Bonchev–Trinajstić information content (AvgIpc) is 2.32. The highest BCUT2D eigenvalue weighted by Crippen LogP contribution is 2.49. The molecule has 2 heterocycles. The van der Waals surface area contributed by atoms with Crippen LogP contribution in [-0.4, -0.2) is 19.4 Å². The summed E-state index contributed by atoms with van der Waals surface area (Å²) in [7, 11) is 1.87. The van der Waals surface area contributed by atoms with E-state index < -0.39 is 0 Å². The summed E-state index contributed by atoms with van der Waals surface area (Å²) in [4.78, 5) is 0. The lowest BCUT2D eigenvalue weighted by Crippen LogP contribution is -2.50. The number of methoxy groups -OCH3 is 1. The molecule has 4 aliphatic rings. The highest BCUT2D eigenvalue weighted by molar-refractivity contribution is 4.98. The summed E-state index contributed by atoms with van der Waals surface area (Å²) in [6.07, 6.45) is 6.90. The zero-order chi connectivity index (χ0) is 8.89. The molecule has 0 aromatic rings. The van der Waals surface area contributed by atoms with Gasteiger partial charge in [-0.05, 0) is 49.9 Å². The fourth-order valence-corrected chi connectivity index (χ4v) is 3.93. The Morgan fingerprint density at radius 3 is 2.31 bits per heavy atom. The molecule has 2 unspecified atom stereocenters. The molecule has 2 saturated carbocycles. The van der Waals surface area contributed by atoms with Crippen molar-refractivity contribution in [2.75, 3.05) is 13.7 Å². The van der Waals surface area contributed by atoms with Gasteiger partial charge in [0, 0.05) is 13.7 Å². The van der Waals surface area contributed by atoms with E-state index in [4.69, 9.17) is 4.74 Å². The van der Waals surface area contributed by atoms with E-state index in [-0.39, 0.29) is 5.72 Å². The number of fused-ring (bicyclic) bond motifs is 1. The van der Waals surface area contributed by atoms with Crippen molar-refractivity contribution in [3.8, 4) is 0 Å². The molecule has 2 saturated heterocycles. The fraction of sp³-hybridized carbons (Fsp3) is 1.00. The quantitative estimate of drug-likeness (QED) is 0.665. The third-order valence-corrected chi connectivity index (χ3v) is 4.34. The first-order chi connectivity index (χ1) is 6.30. The summed E-state index contributed by atoms with van der Waals surface area (Å²) < 4.78 is 5.72. The largest absolute Gasteiger partial charge is 0.364 e. The first kappa shape index (κ1) is 8.25. The zero-order valence-electron chi connectivity index (χ0n) is 8.38. The van der Waals surface area contributed by atoms with Crippen LogP contribution in [0, 0.1) is 17.8 Å². The molecule has 74 valence electrons. The molecular weight excluding hydrogens is 162 g/mol. The highest BCUT2D eigenvalue weighted by atomic mass is 16.5. The fourth-order valence-electron chi connectivity index (χ4n) is 3.93. The van der Waals surface area contributed by atoms with Crippen LogP contribution in [0.3, 0.4) is 0 Å². The molecule has 0 amide bonds. The molecule has 2 nitrogen and oxygen atoms in total. The van der Waals surface area contributed by atoms with E-state index in [0.29, 0.717) is 0 Å². The van der Waals surface area contributed by atoms with Crippen molar-refractivity contribution in [3.05, 3.63) is 0 Å². The summed E-state index contributed by atoms with van der Waals surface area (Å²) in [5.74, 6) is 2.85. The van der Waals surface area contributed by atoms with Gasteiger partial charge in [-0.15, -0.1) is 0 Å². The summed E-state index contributed by atoms with van der Waals surface area (Å²) in [5, 5.41) is 3.65. The normalized spacial score (nSPS) is 53.8. The second kappa shape index (κ2) is 2.71. The Kier molecular flexibility index (Phi) is 1.72. The zero-order valence-corrected chi connectivity index (χ0v) is 8.38. The lowest BCUT2D eigenvalue weighted by molar-refractivity contribution is -0.0899. The van der Waals surface area contributed by atoms with Crippen LogP contribution in [0.15, 0.2) is 0 Å². The monoisotopic (exact) mass is 181 g/mol. The lowest BCUT2D eigenvalue weighted by Gasteiger charge is -2.43. The molecule has 2 heteroatoms. The Morgan fingerprint density at radius 2 is 1.69 bits per heavy atom. The first-order valence-corrected chi connectivity index (χ1v) is 5.60. The van der Waals surface area contributed by atoms with Crippen LogP contribution in [0.4, 0.5) is 0 Å². The third kappa shape index (κ3) is 1.23. The minimum absolute atomic E-state index is 0.0683. The van der Waals surface area contributed by atoms with Gasteiger partial charge in [0.25, 0.3) is 0 Å². The van der Waals surface area contributed by atoms with Crippen LogP contribution in [0.2, 0.25) is 0 Å². The molecule has 2 atom stereocenters. The van der Waals surface area contributed by atoms with Gasteiger partial charge >= 0.3 is 0 Å². The maximum atomic E-state index is 5.72. The van der Waals surface area contributed by atoms with Crippen LogP contribution < -0.4 is 5.32 Å². The van der Waals surface area contributed by atoms with E-state index in [1.165, 1.54) is 38.6 Å². The summed E-state index contributed by atoms with van der Waals surface area (Å²) in [6, 6.07) is 0. The standard InChI is InChI=1S/C11H19NO/c1-13-11-5-8-2-9(6-11)4-10(3-8)7-12-11/h8-10,12H,2-7H2,1H3. The van der Waals surface area contributed by atoms with Crippen LogP contribution in [0.1, 0.15) is 32.1 Å². The number of rotatable bonds is 1. The van der Waals surface area contributed by atoms with Crippen molar-refractivity contribution in [2.24, 2.45) is 17.8 Å². The molecule has 4 rings (SSSR count). The second-order valence-corrected chi connectivity index (χ2v) is 5.29. The van der Waals surface area contributed by atoms with Crippen LogP contribution >= 0.6 is 0 Å². The molecule has 4 bridgehead atoms. The molecule has 0 aromatic heterocycles. The SMILES string of the molecule is COC12CC3CC(CN1)CC(C3)C2. The van der Waals surface area contributed by atoms with Gasteiger partial charge in [-0.1, -0.05) is 0 Å². The third-order valence-electron chi connectivity index (χ3n) is 4.34. The number of nitrogens with one attached hydrogen (secondary N) is 1. The Labute approximate surface area is 80.0 Å². The summed E-state index contributed by atoms with van der Waals surface area (Å²) >= 11 is 0.